The molecule has 1 aromatic carbocycles. The monoisotopic (exact) mass is 333 g/mol. The van der Waals surface area contributed by atoms with Gasteiger partial charge in [-0.2, -0.15) is 0 Å². The summed E-state index contributed by atoms with van der Waals surface area (Å²) in [5, 5.41) is 14.9. The van der Waals surface area contributed by atoms with Gasteiger partial charge in [0, 0.05) is 17.5 Å². The molecule has 22 heavy (non-hydrogen) atoms. The number of hydrogen-bond acceptors (Lipinski definition) is 5. The second-order valence-electron chi connectivity index (χ2n) is 5.49. The van der Waals surface area contributed by atoms with Crippen molar-refractivity contribution in [3.05, 3.63) is 34.2 Å². The molecule has 0 aliphatic carbocycles. The summed E-state index contributed by atoms with van der Waals surface area (Å²) in [6, 6.07) is 7.63. The maximum absolute atomic E-state index is 10.2. The van der Waals surface area contributed by atoms with Crippen LogP contribution in [0, 0.1) is 6.92 Å². The van der Waals surface area contributed by atoms with Gasteiger partial charge in [0.15, 0.2) is 5.13 Å². The van der Waals surface area contributed by atoms with Crippen molar-refractivity contribution in [2.24, 2.45) is 0 Å². The summed E-state index contributed by atoms with van der Waals surface area (Å²) in [7, 11) is 0. The Labute approximate surface area is 137 Å². The lowest BCUT2D eigenvalue weighted by atomic mass is 10.1. The van der Waals surface area contributed by atoms with E-state index in [-0.39, 0.29) is 11.8 Å². The van der Waals surface area contributed by atoms with E-state index in [0.717, 1.165) is 21.6 Å². The number of aromatic nitrogens is 2. The highest BCUT2D eigenvalue weighted by Gasteiger charge is 2.15. The van der Waals surface area contributed by atoms with Gasteiger partial charge >= 0.3 is 0 Å². The normalized spacial score (nSPS) is 11.3. The van der Waals surface area contributed by atoms with Crippen LogP contribution in [0.4, 0.5) is 5.13 Å². The topological polar surface area (TPSA) is 58.0 Å². The highest BCUT2D eigenvalue weighted by molar-refractivity contribution is 7.20. The standard InChI is InChI=1S/C16H16ClN3OS/c1-8(2)18-16-20-14(15(17)22-16)12-7-13(21)10-5-4-9(3)6-11(10)19-12/h4-8H,1-3H3,(H,18,20)(H,19,21). The van der Waals surface area contributed by atoms with Crippen molar-refractivity contribution >= 4 is 39.0 Å². The molecule has 0 bridgehead atoms. The van der Waals surface area contributed by atoms with E-state index >= 15 is 0 Å². The summed E-state index contributed by atoms with van der Waals surface area (Å²) >= 11 is 7.67. The predicted octanol–water partition coefficient (Wildman–Crippen LogP) is 4.85. The molecule has 2 heterocycles. The quantitative estimate of drug-likeness (QED) is 0.719. The minimum atomic E-state index is 0.183. The van der Waals surface area contributed by atoms with Crippen LogP contribution >= 0.6 is 22.9 Å². The van der Waals surface area contributed by atoms with Crippen LogP contribution in [0.15, 0.2) is 24.3 Å². The van der Waals surface area contributed by atoms with Gasteiger partial charge in [0.05, 0.1) is 11.2 Å². The summed E-state index contributed by atoms with van der Waals surface area (Å²) in [4.78, 5) is 9.08. The molecule has 4 nitrogen and oxygen atoms in total. The number of rotatable bonds is 3. The zero-order valence-electron chi connectivity index (χ0n) is 12.5. The maximum atomic E-state index is 10.2. The second kappa shape index (κ2) is 5.74. The van der Waals surface area contributed by atoms with Crippen molar-refractivity contribution in [3.8, 4) is 17.1 Å². The Balaban J connectivity index is 2.12. The number of thiazole rings is 1. The first kappa shape index (κ1) is 15.1. The number of halogens is 1. The predicted molar refractivity (Wildman–Crippen MR) is 93.0 cm³/mol. The Hall–Kier alpha value is -1.85. The van der Waals surface area contributed by atoms with Gasteiger partial charge in [0.2, 0.25) is 0 Å². The van der Waals surface area contributed by atoms with Crippen molar-refractivity contribution in [2.75, 3.05) is 5.32 Å². The van der Waals surface area contributed by atoms with E-state index in [1.165, 1.54) is 11.3 Å². The fourth-order valence-electron chi connectivity index (χ4n) is 2.21. The van der Waals surface area contributed by atoms with Gasteiger partial charge in [-0.3, -0.25) is 0 Å². The number of benzene rings is 1. The van der Waals surface area contributed by atoms with Gasteiger partial charge in [0.25, 0.3) is 0 Å². The third-order valence-corrected chi connectivity index (χ3v) is 4.37. The lowest BCUT2D eigenvalue weighted by Gasteiger charge is -2.06. The van der Waals surface area contributed by atoms with E-state index in [1.54, 1.807) is 6.07 Å². The molecule has 0 aliphatic heterocycles. The van der Waals surface area contributed by atoms with E-state index in [0.29, 0.717) is 15.7 Å². The lowest BCUT2D eigenvalue weighted by molar-refractivity contribution is 0.481. The van der Waals surface area contributed by atoms with Crippen molar-refractivity contribution in [2.45, 2.75) is 26.8 Å². The summed E-state index contributed by atoms with van der Waals surface area (Å²) < 4.78 is 0.557. The SMILES string of the molecule is Cc1ccc2c(O)cc(-c3nc(NC(C)C)sc3Cl)nc2c1. The Kier molecular flexibility index (Phi) is 3.93. The van der Waals surface area contributed by atoms with Crippen molar-refractivity contribution < 1.29 is 5.11 Å². The van der Waals surface area contributed by atoms with Gasteiger partial charge < -0.3 is 10.4 Å². The molecule has 0 amide bonds. The van der Waals surface area contributed by atoms with Crippen LogP contribution in [0.25, 0.3) is 22.3 Å². The molecule has 2 aromatic heterocycles. The number of anilines is 1. The minimum Gasteiger partial charge on any atom is -0.507 e. The van der Waals surface area contributed by atoms with E-state index < -0.39 is 0 Å². The number of fused-ring (bicyclic) bond motifs is 1. The third kappa shape index (κ3) is 2.87. The van der Waals surface area contributed by atoms with Gasteiger partial charge in [-0.1, -0.05) is 29.0 Å². The Morgan fingerprint density at radius 1 is 1.23 bits per heavy atom. The number of aryl methyl sites for hydroxylation is 1. The molecule has 0 spiro atoms. The molecule has 0 fully saturated rings. The number of nitrogens with one attached hydrogen (secondary N) is 1. The fourth-order valence-corrected chi connectivity index (χ4v) is 3.42. The number of pyridine rings is 1. The second-order valence-corrected chi connectivity index (χ2v) is 7.09. The highest BCUT2D eigenvalue weighted by atomic mass is 35.5. The molecule has 2 N–H and O–H groups in total. The zero-order valence-corrected chi connectivity index (χ0v) is 14.1. The smallest absolute Gasteiger partial charge is 0.184 e. The molecule has 0 saturated heterocycles. The largest absolute Gasteiger partial charge is 0.507 e. The Morgan fingerprint density at radius 2 is 2.00 bits per heavy atom. The van der Waals surface area contributed by atoms with E-state index in [4.69, 9.17) is 11.6 Å². The minimum absolute atomic E-state index is 0.183. The summed E-state index contributed by atoms with van der Waals surface area (Å²) in [5.41, 5.74) is 2.99. The Morgan fingerprint density at radius 3 is 2.73 bits per heavy atom. The van der Waals surface area contributed by atoms with Gasteiger partial charge in [0.1, 0.15) is 15.8 Å². The van der Waals surface area contributed by atoms with Gasteiger partial charge in [-0.25, -0.2) is 9.97 Å². The van der Waals surface area contributed by atoms with E-state index in [9.17, 15) is 5.11 Å². The highest BCUT2D eigenvalue weighted by Crippen LogP contribution is 2.37. The molecule has 0 atom stereocenters. The van der Waals surface area contributed by atoms with Crippen LogP contribution in [-0.2, 0) is 0 Å². The van der Waals surface area contributed by atoms with Gasteiger partial charge in [-0.15, -0.1) is 0 Å². The number of nitrogens with zero attached hydrogens (tertiary/aromatic N) is 2. The van der Waals surface area contributed by atoms with Gasteiger partial charge in [-0.05, 0) is 38.5 Å². The van der Waals surface area contributed by atoms with Crippen LogP contribution in [0.5, 0.6) is 5.75 Å². The van der Waals surface area contributed by atoms with Crippen molar-refractivity contribution in [1.82, 2.24) is 9.97 Å². The van der Waals surface area contributed by atoms with Crippen LogP contribution in [0.2, 0.25) is 4.34 Å². The van der Waals surface area contributed by atoms with Crippen LogP contribution in [0.1, 0.15) is 19.4 Å². The molecular formula is C16H16ClN3OS. The first-order chi connectivity index (χ1) is 10.4. The zero-order chi connectivity index (χ0) is 15.9. The molecule has 0 aliphatic rings. The molecule has 3 aromatic rings. The third-order valence-electron chi connectivity index (χ3n) is 3.18. The Bertz CT molecular complexity index is 845. The average Bonchev–Trinajstić information content (AvgIpc) is 2.78. The van der Waals surface area contributed by atoms with Crippen LogP contribution in [-0.4, -0.2) is 21.1 Å². The average molecular weight is 334 g/mol. The van der Waals surface area contributed by atoms with Crippen LogP contribution < -0.4 is 5.32 Å². The molecular weight excluding hydrogens is 318 g/mol. The number of hydrogen-bond donors (Lipinski definition) is 2. The molecule has 0 radical (unpaired) electrons. The van der Waals surface area contributed by atoms with E-state index in [1.807, 2.05) is 39.0 Å². The summed E-state index contributed by atoms with van der Waals surface area (Å²) in [6.45, 7) is 6.07. The van der Waals surface area contributed by atoms with Crippen molar-refractivity contribution in [1.29, 1.82) is 0 Å². The maximum Gasteiger partial charge on any atom is 0.184 e. The van der Waals surface area contributed by atoms with Crippen LogP contribution in [0.3, 0.4) is 0 Å². The fraction of sp³-hybridized carbons (Fsp3) is 0.250. The molecule has 0 saturated carbocycles. The molecule has 3 rings (SSSR count). The van der Waals surface area contributed by atoms with E-state index in [2.05, 4.69) is 15.3 Å². The van der Waals surface area contributed by atoms with Crippen molar-refractivity contribution in [3.63, 3.8) is 0 Å². The lowest BCUT2D eigenvalue weighted by Crippen LogP contribution is -2.09. The first-order valence-electron chi connectivity index (χ1n) is 6.97. The first-order valence-corrected chi connectivity index (χ1v) is 8.17. The molecule has 114 valence electrons. The molecule has 6 heteroatoms. The molecule has 0 unspecified atom stereocenters. The summed E-state index contributed by atoms with van der Waals surface area (Å²) in [6.07, 6.45) is 0. The summed E-state index contributed by atoms with van der Waals surface area (Å²) in [5.74, 6) is 0.183. The number of aromatic hydroxyl groups is 1.